The Morgan fingerprint density at radius 2 is 1.77 bits per heavy atom. The largest absolute Gasteiger partial charge is 0.503 e. The van der Waals surface area contributed by atoms with Crippen molar-refractivity contribution in [1.82, 2.24) is 30.0 Å². The van der Waals surface area contributed by atoms with Crippen molar-refractivity contribution in [3.63, 3.8) is 0 Å². The van der Waals surface area contributed by atoms with E-state index >= 15 is 4.39 Å². The molecule has 14 heteroatoms. The molecule has 11 rings (SSSR count). The van der Waals surface area contributed by atoms with Crippen LogP contribution in [0.4, 0.5) is 26.4 Å². The lowest BCUT2D eigenvalue weighted by Crippen LogP contribution is -2.53. The highest BCUT2D eigenvalue weighted by molar-refractivity contribution is 6.07. The summed E-state index contributed by atoms with van der Waals surface area (Å²) in [5.74, 6) is -0.0265. The summed E-state index contributed by atoms with van der Waals surface area (Å²) in [4.78, 5) is 70.0. The third kappa shape index (κ3) is 10.0. The van der Waals surface area contributed by atoms with Gasteiger partial charge >= 0.3 is 6.03 Å². The SMILES string of the molecule is Cc1cc(C(=O)N2CCC(CN3CCN(Cc4ccc5c(c4)N(C4CC4)C(=O)/[N+]5=C\C4CCC(=O)NC4=O)C[C@@H]3C)CC2)cc(F)c1C1=CCC=C(C(C)C2=Cc3c(-c4ccc(N)nc4)ccnc3CC2C)CC1. The molecule has 3 unspecified atom stereocenters. The molecular formula is C60H69FN9O4+. The first-order valence-electron chi connectivity index (χ1n) is 27.1. The number of benzene rings is 2. The van der Waals surface area contributed by atoms with E-state index in [9.17, 15) is 19.2 Å². The maximum Gasteiger partial charge on any atom is 0.503 e. The molecule has 2 aromatic carbocycles. The molecule has 13 nitrogen and oxygen atoms in total. The maximum absolute atomic E-state index is 16.3. The Bertz CT molecular complexity index is 3020. The number of nitrogens with one attached hydrogen (secondary N) is 1. The van der Waals surface area contributed by atoms with E-state index in [2.05, 4.69) is 77.3 Å². The van der Waals surface area contributed by atoms with Gasteiger partial charge in [0.05, 0.1) is 12.1 Å². The average Bonchev–Trinajstić information content (AvgIpc) is 4.22. The second kappa shape index (κ2) is 20.6. The molecule has 7 aliphatic rings. The second-order valence-electron chi connectivity index (χ2n) is 22.2. The van der Waals surface area contributed by atoms with Gasteiger partial charge in [-0.05, 0) is 154 Å². The van der Waals surface area contributed by atoms with E-state index in [0.717, 1.165) is 135 Å². The number of hydrogen-bond acceptors (Lipinski definition) is 9. The lowest BCUT2D eigenvalue weighted by molar-refractivity contribution is -0.319. The number of urea groups is 1. The Morgan fingerprint density at radius 1 is 0.946 bits per heavy atom. The van der Waals surface area contributed by atoms with Crippen LogP contribution in [0.2, 0.25) is 0 Å². The van der Waals surface area contributed by atoms with E-state index in [1.54, 1.807) is 10.8 Å². The van der Waals surface area contributed by atoms with Gasteiger partial charge in [0.15, 0.2) is 11.4 Å². The highest BCUT2D eigenvalue weighted by atomic mass is 19.1. The molecule has 3 saturated heterocycles. The zero-order chi connectivity index (χ0) is 51.4. The van der Waals surface area contributed by atoms with Gasteiger partial charge < -0.3 is 10.6 Å². The van der Waals surface area contributed by atoms with E-state index in [4.69, 9.17) is 10.7 Å². The molecule has 3 aliphatic carbocycles. The third-order valence-corrected chi connectivity index (χ3v) is 17.0. The van der Waals surface area contributed by atoms with E-state index < -0.39 is 5.92 Å². The summed E-state index contributed by atoms with van der Waals surface area (Å²) in [6, 6.07) is 15.9. The predicted octanol–water partition coefficient (Wildman–Crippen LogP) is 9.51. The Labute approximate surface area is 434 Å². The van der Waals surface area contributed by atoms with E-state index in [-0.39, 0.29) is 48.0 Å². The number of imide groups is 1. The molecule has 74 heavy (non-hydrogen) atoms. The van der Waals surface area contributed by atoms with Gasteiger partial charge in [-0.2, -0.15) is 14.3 Å². The number of halogens is 1. The number of rotatable bonds is 11. The number of aromatic nitrogens is 2. The maximum atomic E-state index is 16.3. The predicted molar refractivity (Wildman–Crippen MR) is 287 cm³/mol. The first kappa shape index (κ1) is 49.6. The minimum atomic E-state index is -0.529. The summed E-state index contributed by atoms with van der Waals surface area (Å²) in [7, 11) is 0. The van der Waals surface area contributed by atoms with Gasteiger partial charge in [0.1, 0.15) is 17.7 Å². The molecule has 4 fully saturated rings. The fourth-order valence-corrected chi connectivity index (χ4v) is 12.7. The van der Waals surface area contributed by atoms with Crippen LogP contribution in [0.25, 0.3) is 22.8 Å². The number of nitrogens with two attached hydrogens (primary N) is 1. The molecule has 3 N–H and O–H groups in total. The molecule has 0 bridgehead atoms. The standard InChI is InChI=1S/C60H68FN9O4/c1-36-27-52-50(48(18-21-63-52)44-11-16-55(62)64-31-44)30-49(36)39(4)42-6-5-7-43(10-9-42)57-37(2)26-46(29-51(57)61)59(73)67-22-19-40(20-23-67)34-68-25-24-66(32-38(68)3)33-41-8-15-53-54(28-41)70(47-13-14-47)60(74)69(53)35-45-12-17-56(71)65-58(45)72/h6-8,11,15-16,18,21,26,28-31,35-36,38-40,45,47H,5,9-10,12-14,17,19-20,22-25,27,32-34H2,1-4H3,(H2-,62,63,64,65,71,72)/p+1/b69-35-/t36?,38-,39?,45?/m0/s1. The van der Waals surface area contributed by atoms with Crippen LogP contribution in [-0.4, -0.2) is 111 Å². The van der Waals surface area contributed by atoms with Crippen LogP contribution in [0.1, 0.15) is 117 Å². The number of piperidine rings is 2. The normalized spacial score (nSPS) is 24.0. The monoisotopic (exact) mass is 999 g/mol. The van der Waals surface area contributed by atoms with Gasteiger partial charge in [-0.25, -0.2) is 9.37 Å². The van der Waals surface area contributed by atoms with Crippen LogP contribution in [0.15, 0.2) is 84.2 Å². The number of aryl methyl sites for hydroxylation is 1. The number of anilines is 2. The molecule has 6 heterocycles. The van der Waals surface area contributed by atoms with Gasteiger partial charge in [-0.3, -0.25) is 34.5 Å². The van der Waals surface area contributed by atoms with Crippen LogP contribution in [0, 0.1) is 36.4 Å². The number of likely N-dealkylation sites (tertiary alicyclic amines) is 1. The van der Waals surface area contributed by atoms with Gasteiger partial charge in [0.25, 0.3) is 5.91 Å². The van der Waals surface area contributed by atoms with Crippen molar-refractivity contribution < 1.29 is 28.1 Å². The first-order chi connectivity index (χ1) is 35.8. The molecule has 5 amide bonds. The lowest BCUT2D eigenvalue weighted by Gasteiger charge is -2.42. The van der Waals surface area contributed by atoms with Gasteiger partial charge in [0.2, 0.25) is 11.8 Å². The molecule has 4 aromatic rings. The number of allylic oxidation sites excluding steroid dienone is 5. The molecule has 0 radical (unpaired) electrons. The topological polar surface area (TPSA) is 148 Å². The van der Waals surface area contributed by atoms with Crippen molar-refractivity contribution >= 4 is 58.8 Å². The fourth-order valence-electron chi connectivity index (χ4n) is 12.7. The summed E-state index contributed by atoms with van der Waals surface area (Å²) < 4.78 is 17.9. The van der Waals surface area contributed by atoms with Crippen LogP contribution in [0.5, 0.6) is 0 Å². The van der Waals surface area contributed by atoms with E-state index in [1.165, 1.54) is 17.2 Å². The number of carbonyl (C=O) groups excluding carboxylic acids is 4. The Hall–Kier alpha value is -6.64. The Kier molecular flexibility index (Phi) is 13.8. The van der Waals surface area contributed by atoms with Crippen molar-refractivity contribution in [2.24, 2.45) is 23.7 Å². The number of carbonyl (C=O) groups is 4. The molecule has 4 aliphatic heterocycles. The van der Waals surface area contributed by atoms with Crippen molar-refractivity contribution in [3.05, 3.63) is 124 Å². The molecule has 384 valence electrons. The summed E-state index contributed by atoms with van der Waals surface area (Å²) in [5.41, 5.74) is 18.7. The third-order valence-electron chi connectivity index (χ3n) is 17.0. The second-order valence-corrected chi connectivity index (χ2v) is 22.2. The number of nitrogen functional groups attached to an aromatic ring is 1. The van der Waals surface area contributed by atoms with Gasteiger partial charge in [-0.1, -0.05) is 49.3 Å². The summed E-state index contributed by atoms with van der Waals surface area (Å²) >= 11 is 0. The smallest absolute Gasteiger partial charge is 0.384 e. The van der Waals surface area contributed by atoms with Gasteiger partial charge in [-0.15, -0.1) is 0 Å². The zero-order valence-electron chi connectivity index (χ0n) is 43.3. The number of piperazine rings is 1. The lowest BCUT2D eigenvalue weighted by atomic mass is 9.76. The highest BCUT2D eigenvalue weighted by Crippen LogP contribution is 2.45. The molecule has 2 aromatic heterocycles. The number of pyridine rings is 2. The van der Waals surface area contributed by atoms with Gasteiger partial charge in [0, 0.05) is 98.6 Å². The average molecular weight is 999 g/mol. The number of amides is 5. The van der Waals surface area contributed by atoms with Crippen LogP contribution >= 0.6 is 0 Å². The molecule has 4 atom stereocenters. The summed E-state index contributed by atoms with van der Waals surface area (Å²) in [6.07, 6.45) is 19.9. The highest BCUT2D eigenvalue weighted by Gasteiger charge is 2.50. The fraction of sp³-hybridized carbons (Fsp3) is 0.450. The van der Waals surface area contributed by atoms with E-state index in [1.807, 2.05) is 53.4 Å². The van der Waals surface area contributed by atoms with Crippen molar-refractivity contribution in [1.29, 1.82) is 0 Å². The number of hydrogen-bond donors (Lipinski definition) is 2. The Balaban J connectivity index is 0.666. The molecule has 1 saturated carbocycles. The number of nitrogens with zero attached hydrogens (tertiary/aromatic N) is 7. The van der Waals surface area contributed by atoms with Crippen LogP contribution in [0.3, 0.4) is 0 Å². The summed E-state index contributed by atoms with van der Waals surface area (Å²) in [5, 5.41) is 2.41. The minimum absolute atomic E-state index is 0.0922. The number of fused-ring (bicyclic) bond motifs is 2. The van der Waals surface area contributed by atoms with Crippen molar-refractivity contribution in [3.8, 4) is 11.1 Å². The Morgan fingerprint density at radius 3 is 2.51 bits per heavy atom. The minimum Gasteiger partial charge on any atom is -0.384 e. The van der Waals surface area contributed by atoms with Crippen LogP contribution < -0.4 is 16.0 Å². The zero-order valence-corrected chi connectivity index (χ0v) is 43.3. The van der Waals surface area contributed by atoms with Crippen LogP contribution in [-0.2, 0) is 22.6 Å². The van der Waals surface area contributed by atoms with E-state index in [0.29, 0.717) is 54.3 Å². The van der Waals surface area contributed by atoms with Crippen molar-refractivity contribution in [2.75, 3.05) is 49.9 Å². The quantitative estimate of drug-likeness (QED) is 0.0852. The molecular weight excluding hydrogens is 930 g/mol. The van der Waals surface area contributed by atoms with Crippen molar-refractivity contribution in [2.45, 2.75) is 111 Å². The molecule has 0 spiro atoms. The summed E-state index contributed by atoms with van der Waals surface area (Å²) in [6.45, 7) is 14.8. The first-order valence-corrected chi connectivity index (χ1v) is 27.1.